The molecule has 0 aromatic rings. The van der Waals surface area contributed by atoms with Gasteiger partial charge in [-0.25, -0.2) is 0 Å². The zero-order chi connectivity index (χ0) is 9.78. The second kappa shape index (κ2) is 5.05. The quantitative estimate of drug-likeness (QED) is 0.655. The van der Waals surface area contributed by atoms with Gasteiger partial charge in [-0.2, -0.15) is 0 Å². The van der Waals surface area contributed by atoms with Crippen LogP contribution in [0.15, 0.2) is 0 Å². The minimum absolute atomic E-state index is 0.171. The van der Waals surface area contributed by atoms with Gasteiger partial charge in [-0.3, -0.25) is 0 Å². The summed E-state index contributed by atoms with van der Waals surface area (Å²) in [6.07, 6.45) is 1.29. The standard InChI is InChI=1S/C9H19ClO2/c1-4-5-9(2,3)8(12)7(10)6-11/h7-8,11-12H,4-6H2,1-3H3. The Labute approximate surface area is 79.6 Å². The molecule has 0 radical (unpaired) electrons. The van der Waals surface area contributed by atoms with Crippen molar-refractivity contribution in [1.82, 2.24) is 0 Å². The van der Waals surface area contributed by atoms with Crippen molar-refractivity contribution in [3.63, 3.8) is 0 Å². The predicted octanol–water partition coefficient (Wildman–Crippen LogP) is 1.77. The fraction of sp³-hybridized carbons (Fsp3) is 1.00. The van der Waals surface area contributed by atoms with Gasteiger partial charge in [-0.15, -0.1) is 11.6 Å². The first-order valence-electron chi connectivity index (χ1n) is 4.38. The van der Waals surface area contributed by atoms with Gasteiger partial charge in [0.15, 0.2) is 0 Å². The molecule has 0 spiro atoms. The van der Waals surface area contributed by atoms with Gasteiger partial charge in [0.1, 0.15) is 0 Å². The van der Waals surface area contributed by atoms with E-state index in [0.29, 0.717) is 0 Å². The van der Waals surface area contributed by atoms with Gasteiger partial charge >= 0.3 is 0 Å². The topological polar surface area (TPSA) is 40.5 Å². The average Bonchev–Trinajstić information content (AvgIpc) is 2.01. The smallest absolute Gasteiger partial charge is 0.0831 e. The lowest BCUT2D eigenvalue weighted by Gasteiger charge is -2.32. The average molecular weight is 195 g/mol. The third kappa shape index (κ3) is 3.30. The maximum absolute atomic E-state index is 9.68. The molecule has 0 aliphatic rings. The second-order valence-electron chi connectivity index (χ2n) is 3.88. The molecule has 3 heteroatoms. The highest BCUT2D eigenvalue weighted by Gasteiger charge is 2.31. The number of aliphatic hydroxyl groups is 2. The molecule has 0 amide bonds. The van der Waals surface area contributed by atoms with E-state index in [1.807, 2.05) is 13.8 Å². The van der Waals surface area contributed by atoms with Crippen LogP contribution in [-0.2, 0) is 0 Å². The van der Waals surface area contributed by atoms with E-state index in [2.05, 4.69) is 6.92 Å². The molecule has 0 saturated carbocycles. The molecule has 0 aliphatic carbocycles. The lowest BCUT2D eigenvalue weighted by Crippen LogP contribution is -2.38. The van der Waals surface area contributed by atoms with Crippen molar-refractivity contribution in [2.75, 3.05) is 6.61 Å². The Bertz CT molecular complexity index is 126. The third-order valence-electron chi connectivity index (χ3n) is 2.21. The van der Waals surface area contributed by atoms with E-state index in [-0.39, 0.29) is 12.0 Å². The predicted molar refractivity (Wildman–Crippen MR) is 51.4 cm³/mol. The van der Waals surface area contributed by atoms with Crippen LogP contribution in [0.4, 0.5) is 0 Å². The molecule has 0 aromatic heterocycles. The lowest BCUT2D eigenvalue weighted by molar-refractivity contribution is 0.0274. The molecular formula is C9H19ClO2. The molecule has 0 heterocycles. The van der Waals surface area contributed by atoms with Gasteiger partial charge in [0.05, 0.1) is 18.1 Å². The van der Waals surface area contributed by atoms with Crippen molar-refractivity contribution in [1.29, 1.82) is 0 Å². The molecule has 0 saturated heterocycles. The summed E-state index contributed by atoms with van der Waals surface area (Å²) in [6.45, 7) is 5.82. The zero-order valence-corrected chi connectivity index (χ0v) is 8.80. The molecule has 0 bridgehead atoms. The maximum atomic E-state index is 9.68. The SMILES string of the molecule is CCCC(C)(C)C(O)C(Cl)CO. The molecule has 2 atom stereocenters. The Balaban J connectivity index is 4.13. The fourth-order valence-electron chi connectivity index (χ4n) is 1.38. The summed E-state index contributed by atoms with van der Waals surface area (Å²) in [4.78, 5) is 0. The Hall–Kier alpha value is 0.210. The summed E-state index contributed by atoms with van der Waals surface area (Å²) in [6, 6.07) is 0. The summed E-state index contributed by atoms with van der Waals surface area (Å²) in [5.74, 6) is 0. The molecule has 12 heavy (non-hydrogen) atoms. The first kappa shape index (κ1) is 12.2. The Morgan fingerprint density at radius 2 is 1.92 bits per heavy atom. The molecule has 74 valence electrons. The highest BCUT2D eigenvalue weighted by molar-refractivity contribution is 6.21. The molecule has 0 aromatic carbocycles. The second-order valence-corrected chi connectivity index (χ2v) is 4.44. The Morgan fingerprint density at radius 3 is 2.25 bits per heavy atom. The molecule has 2 nitrogen and oxygen atoms in total. The lowest BCUT2D eigenvalue weighted by atomic mass is 9.81. The van der Waals surface area contributed by atoms with Crippen molar-refractivity contribution in [2.45, 2.75) is 45.1 Å². The van der Waals surface area contributed by atoms with Crippen molar-refractivity contribution >= 4 is 11.6 Å². The normalized spacial score (nSPS) is 17.5. The van der Waals surface area contributed by atoms with Crippen LogP contribution >= 0.6 is 11.6 Å². The van der Waals surface area contributed by atoms with E-state index in [1.54, 1.807) is 0 Å². The summed E-state index contributed by atoms with van der Waals surface area (Å²) in [5.41, 5.74) is -0.204. The monoisotopic (exact) mass is 194 g/mol. The van der Waals surface area contributed by atoms with Gasteiger partial charge in [-0.1, -0.05) is 27.2 Å². The summed E-state index contributed by atoms with van der Waals surface area (Å²) in [7, 11) is 0. The minimum Gasteiger partial charge on any atom is -0.395 e. The van der Waals surface area contributed by atoms with Gasteiger partial charge in [0.2, 0.25) is 0 Å². The van der Waals surface area contributed by atoms with E-state index in [4.69, 9.17) is 16.7 Å². The Kier molecular flexibility index (Phi) is 5.14. The Morgan fingerprint density at radius 1 is 1.42 bits per heavy atom. The molecule has 2 N–H and O–H groups in total. The van der Waals surface area contributed by atoms with Crippen molar-refractivity contribution in [2.24, 2.45) is 5.41 Å². The van der Waals surface area contributed by atoms with E-state index < -0.39 is 11.5 Å². The van der Waals surface area contributed by atoms with E-state index in [1.165, 1.54) is 0 Å². The van der Waals surface area contributed by atoms with Crippen LogP contribution in [-0.4, -0.2) is 28.3 Å². The number of hydrogen-bond acceptors (Lipinski definition) is 2. The van der Waals surface area contributed by atoms with Crippen LogP contribution in [0.1, 0.15) is 33.6 Å². The van der Waals surface area contributed by atoms with Gasteiger partial charge in [0, 0.05) is 0 Å². The summed E-state index contributed by atoms with van der Waals surface area (Å²) >= 11 is 5.74. The molecule has 0 fully saturated rings. The highest BCUT2D eigenvalue weighted by atomic mass is 35.5. The van der Waals surface area contributed by atoms with Crippen LogP contribution in [0, 0.1) is 5.41 Å². The number of rotatable bonds is 5. The number of hydrogen-bond donors (Lipinski definition) is 2. The number of alkyl halides is 1. The third-order valence-corrected chi connectivity index (χ3v) is 2.59. The zero-order valence-electron chi connectivity index (χ0n) is 8.05. The summed E-state index contributed by atoms with van der Waals surface area (Å²) in [5, 5.41) is 17.9. The van der Waals surface area contributed by atoms with Crippen molar-refractivity contribution < 1.29 is 10.2 Å². The highest BCUT2D eigenvalue weighted by Crippen LogP contribution is 2.30. The molecule has 0 aliphatic heterocycles. The van der Waals surface area contributed by atoms with Crippen molar-refractivity contribution in [3.8, 4) is 0 Å². The van der Waals surface area contributed by atoms with Crippen LogP contribution < -0.4 is 0 Å². The van der Waals surface area contributed by atoms with Crippen LogP contribution in [0.5, 0.6) is 0 Å². The van der Waals surface area contributed by atoms with Crippen molar-refractivity contribution in [3.05, 3.63) is 0 Å². The fourth-order valence-corrected chi connectivity index (χ4v) is 1.72. The van der Waals surface area contributed by atoms with Gasteiger partial charge in [0.25, 0.3) is 0 Å². The molecule has 0 rings (SSSR count). The minimum atomic E-state index is -0.635. The molecule has 2 unspecified atom stereocenters. The van der Waals surface area contributed by atoms with E-state index >= 15 is 0 Å². The summed E-state index contributed by atoms with van der Waals surface area (Å²) < 4.78 is 0. The number of halogens is 1. The largest absolute Gasteiger partial charge is 0.395 e. The first-order chi connectivity index (χ1) is 5.45. The first-order valence-corrected chi connectivity index (χ1v) is 4.82. The van der Waals surface area contributed by atoms with E-state index in [0.717, 1.165) is 12.8 Å². The van der Waals surface area contributed by atoms with E-state index in [9.17, 15) is 5.11 Å². The van der Waals surface area contributed by atoms with Crippen LogP contribution in [0.3, 0.4) is 0 Å². The van der Waals surface area contributed by atoms with Crippen LogP contribution in [0.25, 0.3) is 0 Å². The maximum Gasteiger partial charge on any atom is 0.0831 e. The van der Waals surface area contributed by atoms with Crippen LogP contribution in [0.2, 0.25) is 0 Å². The molecular weight excluding hydrogens is 176 g/mol. The van der Waals surface area contributed by atoms with Gasteiger partial charge in [-0.05, 0) is 11.8 Å². The van der Waals surface area contributed by atoms with Gasteiger partial charge < -0.3 is 10.2 Å². The number of aliphatic hydroxyl groups excluding tert-OH is 2.